The largest absolute Gasteiger partial charge is 0.469 e. The van der Waals surface area contributed by atoms with Gasteiger partial charge in [0.05, 0.1) is 7.11 Å². The van der Waals surface area contributed by atoms with Gasteiger partial charge in [-0.3, -0.25) is 0 Å². The molecule has 0 saturated carbocycles. The van der Waals surface area contributed by atoms with Crippen LogP contribution in [0.5, 0.6) is 0 Å². The summed E-state index contributed by atoms with van der Waals surface area (Å²) in [5.74, 6) is 0. The van der Waals surface area contributed by atoms with E-state index in [-0.39, 0.29) is 19.5 Å². The Bertz CT molecular complexity index is 93.0. The van der Waals surface area contributed by atoms with Crippen LogP contribution in [0.25, 0.3) is 0 Å². The minimum absolute atomic E-state index is 0. The molecular weight excluding hydrogens is 205 g/mol. The van der Waals surface area contributed by atoms with Crippen molar-refractivity contribution in [2.75, 3.05) is 28.3 Å². The van der Waals surface area contributed by atoms with Gasteiger partial charge in [-0.2, -0.15) is 0 Å². The van der Waals surface area contributed by atoms with E-state index in [4.69, 9.17) is 4.74 Å². The van der Waals surface area contributed by atoms with Gasteiger partial charge in [0.1, 0.15) is 0 Å². The van der Waals surface area contributed by atoms with E-state index in [1.54, 1.807) is 19.1 Å². The molecule has 0 aliphatic heterocycles. The molecule has 0 aromatic carbocycles. The summed E-state index contributed by atoms with van der Waals surface area (Å²) in [7, 11) is 7.05. The molecule has 0 fully saturated rings. The standard InChI is InChI=1S/C5H12N2O.Ru/c1-6-5(8-4)7(2)3;/h1-4H3;. The van der Waals surface area contributed by atoms with Crippen molar-refractivity contribution in [3.8, 4) is 0 Å². The Morgan fingerprint density at radius 2 is 1.89 bits per heavy atom. The van der Waals surface area contributed by atoms with E-state index in [1.165, 1.54) is 0 Å². The fraction of sp³-hybridized carbons (Fsp3) is 0.800. The Labute approximate surface area is 68.9 Å². The molecule has 0 atom stereocenters. The van der Waals surface area contributed by atoms with Crippen molar-refractivity contribution >= 4 is 6.02 Å². The number of aliphatic imine (C=N–C) groups is 1. The number of methoxy groups -OCH3 is 1. The quantitative estimate of drug-likeness (QED) is 0.328. The molecule has 0 unspecified atom stereocenters. The van der Waals surface area contributed by atoms with Gasteiger partial charge in [-0.05, 0) is 0 Å². The molecule has 0 rings (SSSR count). The molecule has 0 radical (unpaired) electrons. The van der Waals surface area contributed by atoms with Gasteiger partial charge in [-0.1, -0.05) is 0 Å². The van der Waals surface area contributed by atoms with Gasteiger partial charge < -0.3 is 9.64 Å². The van der Waals surface area contributed by atoms with E-state index in [9.17, 15) is 0 Å². The maximum Gasteiger partial charge on any atom is 0.286 e. The van der Waals surface area contributed by atoms with Crippen molar-refractivity contribution in [2.24, 2.45) is 4.99 Å². The first kappa shape index (κ1) is 11.7. The summed E-state index contributed by atoms with van der Waals surface area (Å²) in [6.45, 7) is 0. The predicted molar refractivity (Wildman–Crippen MR) is 34.1 cm³/mol. The zero-order chi connectivity index (χ0) is 6.57. The van der Waals surface area contributed by atoms with Crippen LogP contribution < -0.4 is 0 Å². The average molecular weight is 217 g/mol. The van der Waals surface area contributed by atoms with Crippen LogP contribution in [-0.2, 0) is 24.2 Å². The Morgan fingerprint density at radius 1 is 1.44 bits per heavy atom. The number of rotatable bonds is 0. The number of ether oxygens (including phenoxy) is 1. The SMILES string of the molecule is CN=C(OC)N(C)C.[Ru]. The zero-order valence-corrected chi connectivity index (χ0v) is 7.89. The van der Waals surface area contributed by atoms with Gasteiger partial charge in [0.2, 0.25) is 0 Å². The molecule has 0 heterocycles. The molecule has 9 heavy (non-hydrogen) atoms. The van der Waals surface area contributed by atoms with Crippen LogP contribution in [0.2, 0.25) is 0 Å². The molecule has 0 amide bonds. The second kappa shape index (κ2) is 6.02. The van der Waals surface area contributed by atoms with E-state index in [0.717, 1.165) is 0 Å². The van der Waals surface area contributed by atoms with Crippen LogP contribution in [0.1, 0.15) is 0 Å². The summed E-state index contributed by atoms with van der Waals surface area (Å²) >= 11 is 0. The molecule has 0 N–H and O–H groups in total. The molecule has 0 saturated heterocycles. The maximum atomic E-state index is 4.84. The van der Waals surface area contributed by atoms with Crippen molar-refractivity contribution < 1.29 is 24.2 Å². The van der Waals surface area contributed by atoms with Crippen LogP contribution in [-0.4, -0.2) is 39.2 Å². The van der Waals surface area contributed by atoms with Crippen LogP contribution in [0.3, 0.4) is 0 Å². The van der Waals surface area contributed by atoms with Crippen molar-refractivity contribution in [3.63, 3.8) is 0 Å². The molecule has 0 aliphatic carbocycles. The average Bonchev–Trinajstić information content (AvgIpc) is 1.69. The minimum Gasteiger partial charge on any atom is -0.469 e. The summed E-state index contributed by atoms with van der Waals surface area (Å²) in [5, 5.41) is 0. The van der Waals surface area contributed by atoms with Crippen LogP contribution in [0.15, 0.2) is 4.99 Å². The van der Waals surface area contributed by atoms with Crippen LogP contribution in [0.4, 0.5) is 0 Å². The number of nitrogens with zero attached hydrogens (tertiary/aromatic N) is 2. The third-order valence-electron chi connectivity index (χ3n) is 0.756. The fourth-order valence-electron chi connectivity index (χ4n) is 0.474. The Hall–Kier alpha value is -0.107. The fourth-order valence-corrected chi connectivity index (χ4v) is 0.474. The summed E-state index contributed by atoms with van der Waals surface area (Å²) in [6.07, 6.45) is 0. The Morgan fingerprint density at radius 3 is 1.89 bits per heavy atom. The predicted octanol–water partition coefficient (Wildman–Crippen LogP) is 0.178. The van der Waals surface area contributed by atoms with Gasteiger partial charge >= 0.3 is 0 Å². The Kier molecular flexibility index (Phi) is 7.80. The number of hydrogen-bond acceptors (Lipinski definition) is 2. The molecule has 0 aromatic heterocycles. The van der Waals surface area contributed by atoms with Crippen molar-refractivity contribution in [1.29, 1.82) is 0 Å². The van der Waals surface area contributed by atoms with E-state index < -0.39 is 0 Å². The zero-order valence-electron chi connectivity index (χ0n) is 6.16. The molecule has 0 spiro atoms. The van der Waals surface area contributed by atoms with Gasteiger partial charge in [-0.15, -0.1) is 0 Å². The van der Waals surface area contributed by atoms with Crippen LogP contribution >= 0.6 is 0 Å². The molecule has 3 nitrogen and oxygen atoms in total. The first-order valence-corrected chi connectivity index (χ1v) is 2.40. The second-order valence-corrected chi connectivity index (χ2v) is 1.60. The summed E-state index contributed by atoms with van der Waals surface area (Å²) < 4.78 is 4.84. The molecule has 56 valence electrons. The summed E-state index contributed by atoms with van der Waals surface area (Å²) in [5.41, 5.74) is 0. The van der Waals surface area contributed by atoms with E-state index >= 15 is 0 Å². The van der Waals surface area contributed by atoms with E-state index in [2.05, 4.69) is 4.99 Å². The Balaban J connectivity index is 0. The third-order valence-corrected chi connectivity index (χ3v) is 0.756. The van der Waals surface area contributed by atoms with Gasteiger partial charge in [0, 0.05) is 40.6 Å². The van der Waals surface area contributed by atoms with Crippen molar-refractivity contribution in [2.45, 2.75) is 0 Å². The van der Waals surface area contributed by atoms with Crippen molar-refractivity contribution in [3.05, 3.63) is 0 Å². The van der Waals surface area contributed by atoms with Gasteiger partial charge in [0.15, 0.2) is 0 Å². The smallest absolute Gasteiger partial charge is 0.286 e. The molecular formula is C5H12N2ORu. The van der Waals surface area contributed by atoms with Gasteiger partial charge in [0.25, 0.3) is 6.02 Å². The molecule has 0 aliphatic rings. The number of amidine groups is 1. The third kappa shape index (κ3) is 4.40. The topological polar surface area (TPSA) is 24.8 Å². The van der Waals surface area contributed by atoms with Crippen molar-refractivity contribution in [1.82, 2.24) is 4.90 Å². The molecule has 4 heteroatoms. The maximum absolute atomic E-state index is 4.84. The van der Waals surface area contributed by atoms with Crippen LogP contribution in [0, 0.1) is 0 Å². The van der Waals surface area contributed by atoms with E-state index in [1.807, 2.05) is 14.1 Å². The summed E-state index contributed by atoms with van der Waals surface area (Å²) in [6, 6.07) is 0.644. The normalized spacial score (nSPS) is 10.0. The first-order chi connectivity index (χ1) is 3.72. The summed E-state index contributed by atoms with van der Waals surface area (Å²) in [4.78, 5) is 5.63. The minimum atomic E-state index is 0. The van der Waals surface area contributed by atoms with Gasteiger partial charge in [-0.25, -0.2) is 4.99 Å². The second-order valence-electron chi connectivity index (χ2n) is 1.60. The molecule has 0 bridgehead atoms. The number of hydrogen-bond donors (Lipinski definition) is 0. The monoisotopic (exact) mass is 218 g/mol. The van der Waals surface area contributed by atoms with E-state index in [0.29, 0.717) is 6.02 Å². The molecule has 0 aromatic rings. The first-order valence-electron chi connectivity index (χ1n) is 2.40.